The van der Waals surface area contributed by atoms with Crippen LogP contribution in [0, 0.1) is 11.3 Å². The highest BCUT2D eigenvalue weighted by molar-refractivity contribution is 5.78. The van der Waals surface area contributed by atoms with Crippen LogP contribution in [0.15, 0.2) is 28.4 Å². The van der Waals surface area contributed by atoms with Gasteiger partial charge in [0.05, 0.1) is 12.3 Å². The van der Waals surface area contributed by atoms with E-state index in [9.17, 15) is 4.79 Å². The molecular formula is C12H11N3O4. The molecule has 19 heavy (non-hydrogen) atoms. The van der Waals surface area contributed by atoms with E-state index >= 15 is 0 Å². The first kappa shape index (κ1) is 12.8. The first-order chi connectivity index (χ1) is 9.24. The maximum atomic E-state index is 11.3. The maximum Gasteiger partial charge on any atom is 0.347 e. The van der Waals surface area contributed by atoms with Crippen LogP contribution in [0.3, 0.4) is 0 Å². The van der Waals surface area contributed by atoms with Gasteiger partial charge in [0.1, 0.15) is 6.07 Å². The van der Waals surface area contributed by atoms with E-state index in [1.807, 2.05) is 0 Å². The van der Waals surface area contributed by atoms with Gasteiger partial charge < -0.3 is 14.2 Å². The van der Waals surface area contributed by atoms with Gasteiger partial charge in [-0.05, 0) is 19.1 Å². The molecule has 0 aliphatic carbocycles. The van der Waals surface area contributed by atoms with Crippen LogP contribution in [0.4, 0.5) is 5.69 Å². The molecule has 0 fully saturated rings. The summed E-state index contributed by atoms with van der Waals surface area (Å²) in [4.78, 5) is 11.3. The van der Waals surface area contributed by atoms with Crippen LogP contribution in [-0.4, -0.2) is 25.4 Å². The van der Waals surface area contributed by atoms with E-state index in [-0.39, 0.29) is 13.4 Å². The number of benzene rings is 1. The van der Waals surface area contributed by atoms with Gasteiger partial charge in [-0.25, -0.2) is 4.79 Å². The molecule has 0 amide bonds. The summed E-state index contributed by atoms with van der Waals surface area (Å²) < 4.78 is 15.0. The Bertz CT molecular complexity index is 550. The second-order valence-electron chi connectivity index (χ2n) is 3.54. The fraction of sp³-hybridized carbons (Fsp3) is 0.333. The van der Waals surface area contributed by atoms with E-state index in [4.69, 9.17) is 19.5 Å². The summed E-state index contributed by atoms with van der Waals surface area (Å²) in [6.45, 7) is 2.01. The fourth-order valence-electron chi connectivity index (χ4n) is 1.42. The minimum Gasteiger partial charge on any atom is -0.464 e. The number of ether oxygens (including phenoxy) is 3. The van der Waals surface area contributed by atoms with E-state index < -0.39 is 12.0 Å². The second kappa shape index (κ2) is 5.82. The minimum atomic E-state index is -1.26. The number of hydrogen-bond acceptors (Lipinski definition) is 7. The van der Waals surface area contributed by atoms with Crippen molar-refractivity contribution in [2.75, 3.05) is 13.4 Å². The van der Waals surface area contributed by atoms with Crippen LogP contribution in [0.25, 0.3) is 0 Å². The van der Waals surface area contributed by atoms with Crippen LogP contribution in [0.1, 0.15) is 6.92 Å². The number of carbonyl (C=O) groups excluding carboxylic acids is 1. The summed E-state index contributed by atoms with van der Waals surface area (Å²) in [6, 6.07) is 5.41. The minimum absolute atomic E-state index is 0.166. The van der Waals surface area contributed by atoms with Crippen LogP contribution in [-0.2, 0) is 9.53 Å². The lowest BCUT2D eigenvalue weighted by atomic mass is 10.3. The Balaban J connectivity index is 2.09. The summed E-state index contributed by atoms with van der Waals surface area (Å²) in [7, 11) is 0. The van der Waals surface area contributed by atoms with Gasteiger partial charge in [-0.2, -0.15) is 15.5 Å². The Hall–Kier alpha value is -2.62. The molecular weight excluding hydrogens is 250 g/mol. The van der Waals surface area contributed by atoms with Gasteiger partial charge in [-0.1, -0.05) is 0 Å². The van der Waals surface area contributed by atoms with Gasteiger partial charge in [-0.3, -0.25) is 0 Å². The fourth-order valence-corrected chi connectivity index (χ4v) is 1.42. The third kappa shape index (κ3) is 2.98. The average molecular weight is 261 g/mol. The monoisotopic (exact) mass is 261 g/mol. The van der Waals surface area contributed by atoms with Crippen molar-refractivity contribution in [3.05, 3.63) is 18.2 Å². The van der Waals surface area contributed by atoms with Crippen LogP contribution >= 0.6 is 0 Å². The molecule has 0 N–H and O–H groups in total. The molecule has 7 heteroatoms. The Morgan fingerprint density at radius 1 is 1.53 bits per heavy atom. The lowest BCUT2D eigenvalue weighted by Crippen LogP contribution is -2.19. The van der Waals surface area contributed by atoms with Crippen molar-refractivity contribution in [1.29, 1.82) is 5.26 Å². The largest absolute Gasteiger partial charge is 0.464 e. The van der Waals surface area contributed by atoms with E-state index in [1.165, 1.54) is 0 Å². The Kier molecular flexibility index (Phi) is 3.93. The Morgan fingerprint density at radius 3 is 3.05 bits per heavy atom. The van der Waals surface area contributed by atoms with Gasteiger partial charge >= 0.3 is 5.97 Å². The SMILES string of the molecule is CCOC(=O)C(C#N)N=Nc1ccc2c(c1)OCO2. The molecule has 0 radical (unpaired) electrons. The quantitative estimate of drug-likeness (QED) is 0.610. The van der Waals surface area contributed by atoms with Crippen molar-refractivity contribution in [2.45, 2.75) is 13.0 Å². The van der Waals surface area contributed by atoms with E-state index in [2.05, 4.69) is 10.2 Å². The highest BCUT2D eigenvalue weighted by Gasteiger charge is 2.18. The van der Waals surface area contributed by atoms with Crippen LogP contribution in [0.2, 0.25) is 0 Å². The molecule has 0 saturated heterocycles. The molecule has 7 nitrogen and oxygen atoms in total. The predicted molar refractivity (Wildman–Crippen MR) is 63.1 cm³/mol. The molecule has 98 valence electrons. The molecule has 0 saturated carbocycles. The molecule has 1 aromatic rings. The van der Waals surface area contributed by atoms with Crippen molar-refractivity contribution >= 4 is 11.7 Å². The molecule has 0 bridgehead atoms. The summed E-state index contributed by atoms with van der Waals surface area (Å²) in [5, 5.41) is 16.3. The van der Waals surface area contributed by atoms with E-state index in [0.717, 1.165) is 0 Å². The topological polar surface area (TPSA) is 93.3 Å². The molecule has 1 heterocycles. The molecule has 1 aliphatic heterocycles. The van der Waals surface area contributed by atoms with Gasteiger partial charge in [0.15, 0.2) is 11.5 Å². The molecule has 2 rings (SSSR count). The summed E-state index contributed by atoms with van der Waals surface area (Å²) in [6.07, 6.45) is 0. The van der Waals surface area contributed by atoms with Crippen molar-refractivity contribution < 1.29 is 19.0 Å². The van der Waals surface area contributed by atoms with Crippen molar-refractivity contribution in [3.8, 4) is 17.6 Å². The zero-order valence-electron chi connectivity index (χ0n) is 10.2. The van der Waals surface area contributed by atoms with Crippen molar-refractivity contribution in [1.82, 2.24) is 0 Å². The van der Waals surface area contributed by atoms with Gasteiger partial charge in [0, 0.05) is 6.07 Å². The predicted octanol–water partition coefficient (Wildman–Crippen LogP) is 1.95. The summed E-state index contributed by atoms with van der Waals surface area (Å²) in [5.74, 6) is 0.469. The number of fused-ring (bicyclic) bond motifs is 1. The highest BCUT2D eigenvalue weighted by Crippen LogP contribution is 2.35. The third-order valence-electron chi connectivity index (χ3n) is 2.28. The number of nitriles is 1. The van der Waals surface area contributed by atoms with E-state index in [1.54, 1.807) is 31.2 Å². The molecule has 1 atom stereocenters. The maximum absolute atomic E-state index is 11.3. The number of nitrogens with zero attached hydrogens (tertiary/aromatic N) is 3. The standard InChI is InChI=1S/C12H11N3O4/c1-2-17-12(16)9(6-13)15-14-8-3-4-10-11(5-8)19-7-18-10/h3-5,9H,2,7H2,1H3. The van der Waals surface area contributed by atoms with E-state index in [0.29, 0.717) is 17.2 Å². The van der Waals surface area contributed by atoms with Crippen molar-refractivity contribution in [3.63, 3.8) is 0 Å². The zero-order valence-corrected chi connectivity index (χ0v) is 10.2. The molecule has 1 aromatic carbocycles. The molecule has 1 unspecified atom stereocenters. The Labute approximate surface area is 109 Å². The highest BCUT2D eigenvalue weighted by atomic mass is 16.7. The number of rotatable bonds is 4. The number of esters is 1. The Morgan fingerprint density at radius 2 is 2.32 bits per heavy atom. The zero-order chi connectivity index (χ0) is 13.7. The van der Waals surface area contributed by atoms with Gasteiger partial charge in [0.25, 0.3) is 6.04 Å². The van der Waals surface area contributed by atoms with Crippen LogP contribution < -0.4 is 9.47 Å². The number of azo groups is 1. The second-order valence-corrected chi connectivity index (χ2v) is 3.54. The third-order valence-corrected chi connectivity index (χ3v) is 2.28. The first-order valence-corrected chi connectivity index (χ1v) is 5.61. The first-order valence-electron chi connectivity index (χ1n) is 5.61. The normalized spacial score (nSPS) is 14.1. The van der Waals surface area contributed by atoms with Crippen molar-refractivity contribution in [2.24, 2.45) is 10.2 Å². The molecule has 0 aromatic heterocycles. The number of hydrogen-bond donors (Lipinski definition) is 0. The molecule has 1 aliphatic rings. The van der Waals surface area contributed by atoms with Crippen LogP contribution in [0.5, 0.6) is 11.5 Å². The van der Waals surface area contributed by atoms with Gasteiger partial charge in [-0.15, -0.1) is 0 Å². The number of carbonyl (C=O) groups is 1. The lowest BCUT2D eigenvalue weighted by Gasteiger charge is -2.02. The summed E-state index contributed by atoms with van der Waals surface area (Å²) in [5.41, 5.74) is 0.466. The lowest BCUT2D eigenvalue weighted by molar-refractivity contribution is -0.143. The summed E-state index contributed by atoms with van der Waals surface area (Å²) >= 11 is 0. The smallest absolute Gasteiger partial charge is 0.347 e. The van der Waals surface area contributed by atoms with Gasteiger partial charge in [0.2, 0.25) is 6.79 Å². The molecule has 0 spiro atoms. The average Bonchev–Trinajstić information content (AvgIpc) is 2.87.